The van der Waals surface area contributed by atoms with Crippen LogP contribution >= 0.6 is 0 Å². The van der Waals surface area contributed by atoms with E-state index >= 15 is 0 Å². The average molecular weight is 292 g/mol. The van der Waals surface area contributed by atoms with Crippen LogP contribution in [0, 0.1) is 0 Å². The van der Waals surface area contributed by atoms with Crippen molar-refractivity contribution in [3.63, 3.8) is 0 Å². The molecule has 1 saturated heterocycles. The number of likely N-dealkylation sites (N-methyl/N-ethyl adjacent to an activating group) is 1. The molecule has 1 aromatic heterocycles. The highest BCUT2D eigenvalue weighted by Crippen LogP contribution is 2.30. The number of nitrogens with zero attached hydrogens (tertiary/aromatic N) is 1. The van der Waals surface area contributed by atoms with Crippen LogP contribution in [0.1, 0.15) is 50.0 Å². The Balaban J connectivity index is 1.60. The maximum absolute atomic E-state index is 12.5. The standard InChI is InChI=1S/C16H24N2O3/c1-2-18(11-12-5-4-9-20-12)16(19)17-14-6-3-7-15-13(14)8-10-21-15/h8,10,12,14H,2-7,9,11H2,1H3,(H,17,19)/t12-,14+/m1/s1. The summed E-state index contributed by atoms with van der Waals surface area (Å²) in [6.45, 7) is 4.23. The second-order valence-corrected chi connectivity index (χ2v) is 5.87. The molecule has 0 aromatic carbocycles. The zero-order valence-corrected chi connectivity index (χ0v) is 12.6. The maximum Gasteiger partial charge on any atom is 0.317 e. The van der Waals surface area contributed by atoms with Crippen molar-refractivity contribution >= 4 is 6.03 Å². The Bertz CT molecular complexity index is 480. The van der Waals surface area contributed by atoms with E-state index in [2.05, 4.69) is 5.32 Å². The Kier molecular flexibility index (Phi) is 4.48. The minimum Gasteiger partial charge on any atom is -0.469 e. The number of urea groups is 1. The Morgan fingerprint density at radius 2 is 2.33 bits per heavy atom. The number of rotatable bonds is 4. The molecule has 0 bridgehead atoms. The normalized spacial score (nSPS) is 24.6. The number of furan rings is 1. The second kappa shape index (κ2) is 6.52. The predicted molar refractivity (Wildman–Crippen MR) is 79.1 cm³/mol. The first-order valence-electron chi connectivity index (χ1n) is 8.01. The largest absolute Gasteiger partial charge is 0.469 e. The molecule has 0 saturated carbocycles. The van der Waals surface area contributed by atoms with Crippen LogP contribution in [0.3, 0.4) is 0 Å². The van der Waals surface area contributed by atoms with Crippen LogP contribution in [0.2, 0.25) is 0 Å². The number of amides is 2. The zero-order valence-electron chi connectivity index (χ0n) is 12.6. The molecule has 0 unspecified atom stereocenters. The SMILES string of the molecule is CCN(C[C@H]1CCCO1)C(=O)N[C@H]1CCCc2occc21. The third-order valence-corrected chi connectivity index (χ3v) is 4.47. The van der Waals surface area contributed by atoms with Crippen LogP contribution < -0.4 is 5.32 Å². The molecule has 2 amide bonds. The van der Waals surface area contributed by atoms with Gasteiger partial charge < -0.3 is 19.4 Å². The lowest BCUT2D eigenvalue weighted by molar-refractivity contribution is 0.0819. The fourth-order valence-electron chi connectivity index (χ4n) is 3.27. The molecule has 2 heterocycles. The Morgan fingerprint density at radius 1 is 1.43 bits per heavy atom. The van der Waals surface area contributed by atoms with E-state index in [1.807, 2.05) is 17.9 Å². The van der Waals surface area contributed by atoms with Gasteiger partial charge in [-0.2, -0.15) is 0 Å². The molecule has 1 aliphatic carbocycles. The van der Waals surface area contributed by atoms with Crippen LogP contribution in [0.25, 0.3) is 0 Å². The molecular weight excluding hydrogens is 268 g/mol. The Hall–Kier alpha value is -1.49. The molecule has 1 aromatic rings. The third-order valence-electron chi connectivity index (χ3n) is 4.47. The van der Waals surface area contributed by atoms with Crippen LogP contribution in [0.15, 0.2) is 16.7 Å². The first-order chi connectivity index (χ1) is 10.3. The summed E-state index contributed by atoms with van der Waals surface area (Å²) in [5.74, 6) is 1.02. The number of ether oxygens (including phenoxy) is 1. The quantitative estimate of drug-likeness (QED) is 0.928. The van der Waals surface area contributed by atoms with Gasteiger partial charge in [-0.1, -0.05) is 0 Å². The number of fused-ring (bicyclic) bond motifs is 1. The smallest absolute Gasteiger partial charge is 0.317 e. The van der Waals surface area contributed by atoms with Crippen molar-refractivity contribution in [3.8, 4) is 0 Å². The van der Waals surface area contributed by atoms with Crippen molar-refractivity contribution < 1.29 is 13.9 Å². The molecule has 5 nitrogen and oxygen atoms in total. The maximum atomic E-state index is 12.5. The lowest BCUT2D eigenvalue weighted by atomic mass is 9.93. The summed E-state index contributed by atoms with van der Waals surface area (Å²) >= 11 is 0. The topological polar surface area (TPSA) is 54.7 Å². The molecule has 1 N–H and O–H groups in total. The number of hydrogen-bond acceptors (Lipinski definition) is 3. The number of nitrogens with one attached hydrogen (secondary N) is 1. The molecule has 2 aliphatic rings. The van der Waals surface area contributed by atoms with Crippen molar-refractivity contribution in [1.29, 1.82) is 0 Å². The van der Waals surface area contributed by atoms with Gasteiger partial charge >= 0.3 is 6.03 Å². The molecule has 3 rings (SSSR count). The molecule has 21 heavy (non-hydrogen) atoms. The van der Waals surface area contributed by atoms with Gasteiger partial charge in [0.15, 0.2) is 0 Å². The first-order valence-corrected chi connectivity index (χ1v) is 8.01. The van der Waals surface area contributed by atoms with Crippen molar-refractivity contribution in [1.82, 2.24) is 10.2 Å². The van der Waals surface area contributed by atoms with Gasteiger partial charge in [-0.15, -0.1) is 0 Å². The van der Waals surface area contributed by atoms with Gasteiger partial charge in [0, 0.05) is 31.7 Å². The summed E-state index contributed by atoms with van der Waals surface area (Å²) in [4.78, 5) is 14.3. The van der Waals surface area contributed by atoms with Crippen molar-refractivity contribution in [2.45, 2.75) is 51.2 Å². The van der Waals surface area contributed by atoms with E-state index in [0.29, 0.717) is 13.1 Å². The van der Waals surface area contributed by atoms with E-state index < -0.39 is 0 Å². The minimum atomic E-state index is 0.00653. The molecule has 116 valence electrons. The molecular formula is C16H24N2O3. The lowest BCUT2D eigenvalue weighted by Crippen LogP contribution is -2.45. The van der Waals surface area contributed by atoms with E-state index in [9.17, 15) is 4.79 Å². The van der Waals surface area contributed by atoms with Gasteiger partial charge in [-0.25, -0.2) is 4.79 Å². The third kappa shape index (κ3) is 3.23. The first kappa shape index (κ1) is 14.4. The van der Waals surface area contributed by atoms with Crippen LogP contribution in [-0.4, -0.2) is 36.7 Å². The Morgan fingerprint density at radius 3 is 3.10 bits per heavy atom. The van der Waals surface area contributed by atoms with E-state index in [1.165, 1.54) is 0 Å². The highest BCUT2D eigenvalue weighted by Gasteiger charge is 2.27. The van der Waals surface area contributed by atoms with Gasteiger partial charge in [-0.3, -0.25) is 0 Å². The second-order valence-electron chi connectivity index (χ2n) is 5.87. The molecule has 2 atom stereocenters. The van der Waals surface area contributed by atoms with Crippen LogP contribution in [0.5, 0.6) is 0 Å². The van der Waals surface area contributed by atoms with Gasteiger partial charge in [-0.05, 0) is 38.7 Å². The number of hydrogen-bond donors (Lipinski definition) is 1. The zero-order chi connectivity index (χ0) is 14.7. The van der Waals surface area contributed by atoms with E-state index in [-0.39, 0.29) is 18.2 Å². The minimum absolute atomic E-state index is 0.00653. The monoisotopic (exact) mass is 292 g/mol. The summed E-state index contributed by atoms with van der Waals surface area (Å²) in [6, 6.07) is 2.07. The Labute approximate surface area is 125 Å². The molecule has 1 aliphatic heterocycles. The molecule has 1 fully saturated rings. The van der Waals surface area contributed by atoms with Crippen molar-refractivity contribution in [2.24, 2.45) is 0 Å². The van der Waals surface area contributed by atoms with Crippen molar-refractivity contribution in [3.05, 3.63) is 23.7 Å². The number of carbonyl (C=O) groups is 1. The van der Waals surface area contributed by atoms with Crippen molar-refractivity contribution in [2.75, 3.05) is 19.7 Å². The van der Waals surface area contributed by atoms with Crippen LogP contribution in [-0.2, 0) is 11.2 Å². The summed E-state index contributed by atoms with van der Waals surface area (Å²) in [7, 11) is 0. The average Bonchev–Trinajstić information content (AvgIpc) is 3.16. The van der Waals surface area contributed by atoms with Gasteiger partial charge in [0.05, 0.1) is 18.4 Å². The lowest BCUT2D eigenvalue weighted by Gasteiger charge is -2.28. The number of aryl methyl sites for hydroxylation is 1. The van der Waals surface area contributed by atoms with E-state index in [1.54, 1.807) is 6.26 Å². The predicted octanol–water partition coefficient (Wildman–Crippen LogP) is 2.87. The van der Waals surface area contributed by atoms with E-state index in [4.69, 9.17) is 9.15 Å². The highest BCUT2D eigenvalue weighted by molar-refractivity contribution is 5.74. The molecule has 0 radical (unpaired) electrons. The molecule has 5 heteroatoms. The van der Waals surface area contributed by atoms with Gasteiger partial charge in [0.1, 0.15) is 5.76 Å². The van der Waals surface area contributed by atoms with E-state index in [0.717, 1.165) is 50.0 Å². The molecule has 0 spiro atoms. The fraction of sp³-hybridized carbons (Fsp3) is 0.688. The van der Waals surface area contributed by atoms with Crippen LogP contribution in [0.4, 0.5) is 4.79 Å². The number of carbonyl (C=O) groups excluding carboxylic acids is 1. The summed E-state index contributed by atoms with van der Waals surface area (Å²) < 4.78 is 11.1. The summed E-state index contributed by atoms with van der Waals surface area (Å²) in [5.41, 5.74) is 1.14. The fourth-order valence-corrected chi connectivity index (χ4v) is 3.27. The summed E-state index contributed by atoms with van der Waals surface area (Å²) in [6.07, 6.45) is 7.09. The van der Waals surface area contributed by atoms with Gasteiger partial charge in [0.2, 0.25) is 0 Å². The summed E-state index contributed by atoms with van der Waals surface area (Å²) in [5, 5.41) is 3.16. The van der Waals surface area contributed by atoms with Gasteiger partial charge in [0.25, 0.3) is 0 Å². The highest BCUT2D eigenvalue weighted by atomic mass is 16.5.